The molecule has 2 rings (SSSR count). The summed E-state index contributed by atoms with van der Waals surface area (Å²) in [6.45, 7) is 3.34. The molecule has 1 heterocycles. The average Bonchev–Trinajstić information content (AvgIpc) is 2.72. The molecule has 5 nitrogen and oxygen atoms in total. The van der Waals surface area contributed by atoms with E-state index in [9.17, 15) is 9.59 Å². The number of aryl methyl sites for hydroxylation is 1. The van der Waals surface area contributed by atoms with Gasteiger partial charge in [-0.25, -0.2) is 4.79 Å². The third-order valence-electron chi connectivity index (χ3n) is 3.05. The van der Waals surface area contributed by atoms with Crippen LogP contribution < -0.4 is 10.2 Å². The van der Waals surface area contributed by atoms with Crippen LogP contribution >= 0.6 is 0 Å². The standard InChI is InChI=1S/C13H17N3O2/c1-10-3-5-11(6-4-10)16-8-7-15(13(16)18)9-12(17)14-2/h3-6H,7-9H2,1-2H3,(H,14,17). The molecule has 96 valence electrons. The summed E-state index contributed by atoms with van der Waals surface area (Å²) in [5, 5.41) is 2.52. The summed E-state index contributed by atoms with van der Waals surface area (Å²) in [5.41, 5.74) is 2.04. The Morgan fingerprint density at radius 2 is 1.94 bits per heavy atom. The van der Waals surface area contributed by atoms with Gasteiger partial charge in [-0.15, -0.1) is 0 Å². The number of urea groups is 1. The third kappa shape index (κ3) is 2.45. The van der Waals surface area contributed by atoms with Crippen LogP contribution in [-0.2, 0) is 4.79 Å². The molecule has 0 aromatic heterocycles. The van der Waals surface area contributed by atoms with Crippen LogP contribution in [-0.4, -0.2) is 43.5 Å². The van der Waals surface area contributed by atoms with Crippen LogP contribution in [0.3, 0.4) is 0 Å². The van der Waals surface area contributed by atoms with Crippen molar-refractivity contribution in [2.24, 2.45) is 0 Å². The second-order valence-electron chi connectivity index (χ2n) is 4.36. The zero-order valence-corrected chi connectivity index (χ0v) is 10.6. The number of carbonyl (C=O) groups is 2. The Hall–Kier alpha value is -2.04. The van der Waals surface area contributed by atoms with E-state index < -0.39 is 0 Å². The molecule has 0 bridgehead atoms. The number of rotatable bonds is 3. The minimum absolute atomic E-state index is 0.109. The van der Waals surface area contributed by atoms with Crippen molar-refractivity contribution in [2.45, 2.75) is 6.92 Å². The minimum atomic E-state index is -0.144. The lowest BCUT2D eigenvalue weighted by molar-refractivity contribution is -0.121. The molecule has 1 aromatic carbocycles. The quantitative estimate of drug-likeness (QED) is 0.865. The van der Waals surface area contributed by atoms with Gasteiger partial charge in [0.15, 0.2) is 0 Å². The van der Waals surface area contributed by atoms with Gasteiger partial charge in [0.25, 0.3) is 0 Å². The smallest absolute Gasteiger partial charge is 0.325 e. The predicted octanol–water partition coefficient (Wildman–Crippen LogP) is 0.983. The molecule has 5 heteroatoms. The number of carbonyl (C=O) groups excluding carboxylic acids is 2. The Bertz CT molecular complexity index is 456. The number of likely N-dealkylation sites (N-methyl/N-ethyl adjacent to an activating group) is 1. The predicted molar refractivity (Wildman–Crippen MR) is 69.6 cm³/mol. The van der Waals surface area contributed by atoms with Gasteiger partial charge in [-0.1, -0.05) is 17.7 Å². The largest absolute Gasteiger partial charge is 0.358 e. The van der Waals surface area contributed by atoms with Crippen molar-refractivity contribution in [2.75, 3.05) is 31.6 Å². The van der Waals surface area contributed by atoms with Gasteiger partial charge in [0.1, 0.15) is 6.54 Å². The molecule has 1 fully saturated rings. The van der Waals surface area contributed by atoms with E-state index in [-0.39, 0.29) is 18.5 Å². The fraction of sp³-hybridized carbons (Fsp3) is 0.385. The molecule has 0 aliphatic carbocycles. The molecular weight excluding hydrogens is 230 g/mol. The first-order valence-electron chi connectivity index (χ1n) is 5.95. The van der Waals surface area contributed by atoms with Crippen molar-refractivity contribution in [1.82, 2.24) is 10.2 Å². The third-order valence-corrected chi connectivity index (χ3v) is 3.05. The van der Waals surface area contributed by atoms with Gasteiger partial charge in [0, 0.05) is 25.8 Å². The topological polar surface area (TPSA) is 52.7 Å². The van der Waals surface area contributed by atoms with E-state index >= 15 is 0 Å². The van der Waals surface area contributed by atoms with Crippen LogP contribution in [0, 0.1) is 6.92 Å². The Balaban J connectivity index is 2.07. The number of benzene rings is 1. The van der Waals surface area contributed by atoms with Gasteiger partial charge in [-0.2, -0.15) is 0 Å². The van der Waals surface area contributed by atoms with Crippen molar-refractivity contribution in [3.8, 4) is 0 Å². The molecule has 1 saturated heterocycles. The molecule has 1 aliphatic rings. The Kier molecular flexibility index (Phi) is 3.50. The van der Waals surface area contributed by atoms with Crippen LogP contribution in [0.25, 0.3) is 0 Å². The lowest BCUT2D eigenvalue weighted by atomic mass is 10.2. The number of amides is 3. The van der Waals surface area contributed by atoms with E-state index in [1.807, 2.05) is 31.2 Å². The van der Waals surface area contributed by atoms with Crippen LogP contribution in [0.2, 0.25) is 0 Å². The van der Waals surface area contributed by atoms with Gasteiger partial charge in [0.05, 0.1) is 0 Å². The van der Waals surface area contributed by atoms with Gasteiger partial charge in [-0.3, -0.25) is 9.69 Å². The molecule has 1 aliphatic heterocycles. The fourth-order valence-electron chi connectivity index (χ4n) is 1.95. The minimum Gasteiger partial charge on any atom is -0.358 e. The molecule has 1 N–H and O–H groups in total. The molecule has 18 heavy (non-hydrogen) atoms. The van der Waals surface area contributed by atoms with E-state index in [0.29, 0.717) is 13.1 Å². The van der Waals surface area contributed by atoms with Crippen LogP contribution in [0.1, 0.15) is 5.56 Å². The number of nitrogens with zero attached hydrogens (tertiary/aromatic N) is 2. The molecule has 0 spiro atoms. The van der Waals surface area contributed by atoms with Crippen LogP contribution in [0.15, 0.2) is 24.3 Å². The van der Waals surface area contributed by atoms with Crippen molar-refractivity contribution < 1.29 is 9.59 Å². The maximum absolute atomic E-state index is 12.1. The van der Waals surface area contributed by atoms with Crippen molar-refractivity contribution in [1.29, 1.82) is 0 Å². The summed E-state index contributed by atoms with van der Waals surface area (Å²) < 4.78 is 0. The average molecular weight is 247 g/mol. The Morgan fingerprint density at radius 3 is 2.56 bits per heavy atom. The van der Waals surface area contributed by atoms with E-state index in [1.165, 1.54) is 0 Å². The summed E-state index contributed by atoms with van der Waals surface area (Å²) >= 11 is 0. The first kappa shape index (κ1) is 12.4. The zero-order valence-electron chi connectivity index (χ0n) is 10.6. The maximum atomic E-state index is 12.1. The monoisotopic (exact) mass is 247 g/mol. The number of nitrogens with one attached hydrogen (secondary N) is 1. The number of anilines is 1. The molecular formula is C13H17N3O2. The van der Waals surface area contributed by atoms with Crippen LogP contribution in [0.5, 0.6) is 0 Å². The lowest BCUT2D eigenvalue weighted by Crippen LogP contribution is -2.38. The first-order valence-corrected chi connectivity index (χ1v) is 5.95. The van der Waals surface area contributed by atoms with Gasteiger partial charge in [-0.05, 0) is 19.1 Å². The molecule has 0 radical (unpaired) electrons. The second kappa shape index (κ2) is 5.08. The zero-order chi connectivity index (χ0) is 13.1. The second-order valence-corrected chi connectivity index (χ2v) is 4.36. The van der Waals surface area contributed by atoms with E-state index in [4.69, 9.17) is 0 Å². The summed E-state index contributed by atoms with van der Waals surface area (Å²) in [6, 6.07) is 7.70. The maximum Gasteiger partial charge on any atom is 0.325 e. The highest BCUT2D eigenvalue weighted by Crippen LogP contribution is 2.20. The first-order chi connectivity index (χ1) is 8.61. The number of hydrogen-bond donors (Lipinski definition) is 1. The molecule has 0 atom stereocenters. The highest BCUT2D eigenvalue weighted by atomic mass is 16.2. The normalized spacial score (nSPS) is 15.1. The van der Waals surface area contributed by atoms with Crippen molar-refractivity contribution in [3.63, 3.8) is 0 Å². The highest BCUT2D eigenvalue weighted by Gasteiger charge is 2.30. The van der Waals surface area contributed by atoms with Gasteiger partial charge >= 0.3 is 6.03 Å². The SMILES string of the molecule is CNC(=O)CN1CCN(c2ccc(C)cc2)C1=O. The van der Waals surface area contributed by atoms with Gasteiger partial charge in [0.2, 0.25) is 5.91 Å². The lowest BCUT2D eigenvalue weighted by Gasteiger charge is -2.18. The number of hydrogen-bond acceptors (Lipinski definition) is 2. The molecule has 1 aromatic rings. The summed E-state index contributed by atoms with van der Waals surface area (Å²) in [5.74, 6) is -0.144. The van der Waals surface area contributed by atoms with E-state index in [1.54, 1.807) is 16.8 Å². The fourth-order valence-corrected chi connectivity index (χ4v) is 1.95. The van der Waals surface area contributed by atoms with Gasteiger partial charge < -0.3 is 10.2 Å². The molecule has 0 unspecified atom stereocenters. The molecule has 3 amide bonds. The van der Waals surface area contributed by atoms with Crippen molar-refractivity contribution >= 4 is 17.6 Å². The Morgan fingerprint density at radius 1 is 1.28 bits per heavy atom. The van der Waals surface area contributed by atoms with E-state index in [2.05, 4.69) is 5.32 Å². The van der Waals surface area contributed by atoms with Crippen LogP contribution in [0.4, 0.5) is 10.5 Å². The molecule has 0 saturated carbocycles. The highest BCUT2D eigenvalue weighted by molar-refractivity contribution is 5.96. The van der Waals surface area contributed by atoms with Crippen molar-refractivity contribution in [3.05, 3.63) is 29.8 Å². The Labute approximate surface area is 106 Å². The summed E-state index contributed by atoms with van der Waals surface area (Å²) in [6.07, 6.45) is 0. The van der Waals surface area contributed by atoms with E-state index in [0.717, 1.165) is 11.3 Å². The summed E-state index contributed by atoms with van der Waals surface area (Å²) in [7, 11) is 1.57. The summed E-state index contributed by atoms with van der Waals surface area (Å²) in [4.78, 5) is 26.6.